The number of nitrogens with one attached hydrogen (secondary N) is 1. The van der Waals surface area contributed by atoms with Crippen LogP contribution in [0.4, 0.5) is 0 Å². The lowest BCUT2D eigenvalue weighted by Crippen LogP contribution is -2.54. The first-order chi connectivity index (χ1) is 8.58. The lowest BCUT2D eigenvalue weighted by Gasteiger charge is -2.43. The van der Waals surface area contributed by atoms with E-state index in [1.54, 1.807) is 0 Å². The predicted octanol–water partition coefficient (Wildman–Crippen LogP) is 1.66. The number of rotatable bonds is 3. The maximum atomic E-state index is 11.9. The van der Waals surface area contributed by atoms with E-state index in [0.717, 1.165) is 13.1 Å². The van der Waals surface area contributed by atoms with Crippen LogP contribution in [0.5, 0.6) is 0 Å². The molecule has 1 saturated heterocycles. The molecule has 0 bridgehead atoms. The summed E-state index contributed by atoms with van der Waals surface area (Å²) in [5, 5.41) is 0. The minimum absolute atomic E-state index is 0.0348. The molecule has 4 heteroatoms. The van der Waals surface area contributed by atoms with Gasteiger partial charge in [-0.05, 0) is 50.1 Å². The van der Waals surface area contributed by atoms with Gasteiger partial charge < -0.3 is 0 Å². The number of amides is 1. The summed E-state index contributed by atoms with van der Waals surface area (Å²) in [6.45, 7) is 6.30. The second-order valence-electron chi connectivity index (χ2n) is 6.44. The van der Waals surface area contributed by atoms with Crippen LogP contribution in [0.25, 0.3) is 0 Å². The van der Waals surface area contributed by atoms with Gasteiger partial charge in [0.25, 0.3) is 5.91 Å². The molecule has 1 heterocycles. The van der Waals surface area contributed by atoms with E-state index in [1.807, 2.05) is 0 Å². The third-order valence-corrected chi connectivity index (χ3v) is 4.96. The van der Waals surface area contributed by atoms with Crippen molar-refractivity contribution >= 4 is 5.91 Å². The number of nitrogens with zero attached hydrogens (tertiary/aromatic N) is 1. The molecule has 0 aromatic heterocycles. The second kappa shape index (κ2) is 5.57. The topological polar surface area (TPSA) is 58.4 Å². The zero-order valence-corrected chi connectivity index (χ0v) is 11.7. The zero-order chi connectivity index (χ0) is 13.2. The van der Waals surface area contributed by atoms with Gasteiger partial charge in [-0.15, -0.1) is 0 Å². The number of piperidine rings is 1. The van der Waals surface area contributed by atoms with E-state index < -0.39 is 0 Å². The van der Waals surface area contributed by atoms with Crippen molar-refractivity contribution < 1.29 is 4.79 Å². The largest absolute Gasteiger partial charge is 0.293 e. The molecule has 1 spiro atoms. The highest BCUT2D eigenvalue weighted by atomic mass is 16.2. The normalized spacial score (nSPS) is 25.6. The number of carbonyl (C=O) groups excluding carboxylic acids is 1. The quantitative estimate of drug-likeness (QED) is 0.457. The van der Waals surface area contributed by atoms with E-state index >= 15 is 0 Å². The van der Waals surface area contributed by atoms with E-state index in [9.17, 15) is 4.79 Å². The monoisotopic (exact) mass is 253 g/mol. The number of hydrazine groups is 1. The Morgan fingerprint density at radius 3 is 2.17 bits per heavy atom. The molecule has 2 fully saturated rings. The highest BCUT2D eigenvalue weighted by molar-refractivity contribution is 5.81. The van der Waals surface area contributed by atoms with Gasteiger partial charge in [-0.1, -0.05) is 26.7 Å². The van der Waals surface area contributed by atoms with Crippen molar-refractivity contribution in [3.8, 4) is 0 Å². The third kappa shape index (κ3) is 2.69. The summed E-state index contributed by atoms with van der Waals surface area (Å²) in [7, 11) is 0. The zero-order valence-electron chi connectivity index (χ0n) is 11.7. The molecule has 1 aliphatic carbocycles. The summed E-state index contributed by atoms with van der Waals surface area (Å²) in [5.74, 6) is 5.58. The summed E-state index contributed by atoms with van der Waals surface area (Å²) >= 11 is 0. The van der Waals surface area contributed by atoms with Crippen molar-refractivity contribution in [3.05, 3.63) is 0 Å². The Hall–Kier alpha value is -0.610. The average molecular weight is 253 g/mol. The van der Waals surface area contributed by atoms with Crippen LogP contribution < -0.4 is 11.3 Å². The SMILES string of the molecule is CC(C)C(C(=O)NN)N1CCC2(CCCC2)CC1. The number of hydrogen-bond donors (Lipinski definition) is 2. The van der Waals surface area contributed by atoms with Gasteiger partial charge in [0, 0.05) is 0 Å². The van der Waals surface area contributed by atoms with Gasteiger partial charge in [-0.25, -0.2) is 5.84 Å². The van der Waals surface area contributed by atoms with Crippen molar-refractivity contribution in [3.63, 3.8) is 0 Å². The van der Waals surface area contributed by atoms with Crippen molar-refractivity contribution in [2.45, 2.75) is 58.4 Å². The van der Waals surface area contributed by atoms with E-state index in [4.69, 9.17) is 5.84 Å². The maximum absolute atomic E-state index is 11.9. The van der Waals surface area contributed by atoms with Gasteiger partial charge in [-0.2, -0.15) is 0 Å². The number of nitrogens with two attached hydrogens (primary N) is 1. The lowest BCUT2D eigenvalue weighted by atomic mass is 9.76. The van der Waals surface area contributed by atoms with Gasteiger partial charge in [0.1, 0.15) is 0 Å². The molecule has 1 amide bonds. The summed E-state index contributed by atoms with van der Waals surface area (Å²) in [6.07, 6.45) is 8.11. The lowest BCUT2D eigenvalue weighted by molar-refractivity contribution is -0.129. The van der Waals surface area contributed by atoms with Gasteiger partial charge in [0.15, 0.2) is 0 Å². The van der Waals surface area contributed by atoms with E-state index in [2.05, 4.69) is 24.2 Å². The summed E-state index contributed by atoms with van der Waals surface area (Å²) in [5.41, 5.74) is 2.93. The maximum Gasteiger partial charge on any atom is 0.251 e. The molecule has 2 aliphatic rings. The fourth-order valence-electron chi connectivity index (χ4n) is 3.88. The minimum Gasteiger partial charge on any atom is -0.293 e. The molecule has 4 nitrogen and oxygen atoms in total. The van der Waals surface area contributed by atoms with Crippen LogP contribution in [0, 0.1) is 11.3 Å². The molecule has 1 atom stereocenters. The molecule has 0 aromatic rings. The Morgan fingerprint density at radius 1 is 1.17 bits per heavy atom. The van der Waals surface area contributed by atoms with Crippen molar-refractivity contribution in [2.24, 2.45) is 17.2 Å². The first-order valence-electron chi connectivity index (χ1n) is 7.32. The van der Waals surface area contributed by atoms with Crippen molar-refractivity contribution in [1.82, 2.24) is 10.3 Å². The summed E-state index contributed by atoms with van der Waals surface area (Å²) in [4.78, 5) is 14.2. The molecular formula is C14H27N3O. The van der Waals surface area contributed by atoms with Gasteiger partial charge in [-0.3, -0.25) is 15.1 Å². The van der Waals surface area contributed by atoms with Crippen LogP contribution in [0.3, 0.4) is 0 Å². The Labute approximate surface area is 110 Å². The van der Waals surface area contributed by atoms with Crippen molar-refractivity contribution in [1.29, 1.82) is 0 Å². The van der Waals surface area contributed by atoms with Crippen LogP contribution in [-0.4, -0.2) is 29.9 Å². The van der Waals surface area contributed by atoms with Crippen LogP contribution in [0.2, 0.25) is 0 Å². The molecule has 1 aliphatic heterocycles. The van der Waals surface area contributed by atoms with Gasteiger partial charge in [0.2, 0.25) is 0 Å². The Morgan fingerprint density at radius 2 is 1.72 bits per heavy atom. The fourth-order valence-corrected chi connectivity index (χ4v) is 3.88. The molecule has 0 radical (unpaired) electrons. The molecule has 18 heavy (non-hydrogen) atoms. The molecular weight excluding hydrogens is 226 g/mol. The third-order valence-electron chi connectivity index (χ3n) is 4.96. The molecule has 3 N–H and O–H groups in total. The van der Waals surface area contributed by atoms with Crippen LogP contribution >= 0.6 is 0 Å². The minimum atomic E-state index is -0.0613. The van der Waals surface area contributed by atoms with Crippen molar-refractivity contribution in [2.75, 3.05) is 13.1 Å². The first-order valence-corrected chi connectivity index (χ1v) is 7.32. The number of likely N-dealkylation sites (tertiary alicyclic amines) is 1. The van der Waals surface area contributed by atoms with E-state index in [0.29, 0.717) is 11.3 Å². The molecule has 1 saturated carbocycles. The first kappa shape index (κ1) is 13.8. The average Bonchev–Trinajstić information content (AvgIpc) is 2.80. The van der Waals surface area contributed by atoms with E-state index in [1.165, 1.54) is 38.5 Å². The number of carbonyl (C=O) groups is 1. The second-order valence-corrected chi connectivity index (χ2v) is 6.44. The summed E-state index contributed by atoms with van der Waals surface area (Å²) < 4.78 is 0. The predicted molar refractivity (Wildman–Crippen MR) is 72.7 cm³/mol. The van der Waals surface area contributed by atoms with Crippen LogP contribution in [0.1, 0.15) is 52.4 Å². The van der Waals surface area contributed by atoms with E-state index in [-0.39, 0.29) is 11.9 Å². The molecule has 104 valence electrons. The van der Waals surface area contributed by atoms with Gasteiger partial charge in [0.05, 0.1) is 6.04 Å². The number of hydrogen-bond acceptors (Lipinski definition) is 3. The Bertz CT molecular complexity index is 287. The standard InChI is InChI=1S/C14H27N3O/c1-11(2)12(13(18)16-15)17-9-7-14(8-10-17)5-3-4-6-14/h11-12H,3-10,15H2,1-2H3,(H,16,18). The smallest absolute Gasteiger partial charge is 0.251 e. The Balaban J connectivity index is 1.96. The van der Waals surface area contributed by atoms with Crippen LogP contribution in [-0.2, 0) is 4.79 Å². The Kier molecular flexibility index (Phi) is 4.28. The molecule has 2 rings (SSSR count). The molecule has 0 aromatic carbocycles. The fraction of sp³-hybridized carbons (Fsp3) is 0.929. The molecule has 1 unspecified atom stereocenters. The highest BCUT2D eigenvalue weighted by Gasteiger charge is 2.40. The van der Waals surface area contributed by atoms with Gasteiger partial charge >= 0.3 is 0 Å². The van der Waals surface area contributed by atoms with Crippen LogP contribution in [0.15, 0.2) is 0 Å². The highest BCUT2D eigenvalue weighted by Crippen LogP contribution is 2.46. The summed E-state index contributed by atoms with van der Waals surface area (Å²) in [6, 6.07) is -0.0613.